The highest BCUT2D eigenvalue weighted by Gasteiger charge is 2.22. The van der Waals surface area contributed by atoms with Crippen LogP contribution in [0.3, 0.4) is 0 Å². The molecule has 0 spiro atoms. The third kappa shape index (κ3) is 9.19. The highest BCUT2D eigenvalue weighted by Crippen LogP contribution is 2.39. The third-order valence-corrected chi connectivity index (χ3v) is 10.2. The molecule has 8 nitrogen and oxygen atoms in total. The van der Waals surface area contributed by atoms with Crippen LogP contribution in [0.5, 0.6) is 11.5 Å². The summed E-state index contributed by atoms with van der Waals surface area (Å²) in [4.78, 5) is 3.77. The Kier molecular flexibility index (Phi) is 13.9. The summed E-state index contributed by atoms with van der Waals surface area (Å²) >= 11 is 1.84. The molecule has 0 unspecified atom stereocenters. The largest absolute Gasteiger partial charge is 0.493 e. The van der Waals surface area contributed by atoms with E-state index in [0.29, 0.717) is 34.1 Å². The zero-order valence-electron chi connectivity index (χ0n) is 29.8. The van der Waals surface area contributed by atoms with Gasteiger partial charge in [-0.15, -0.1) is 21.5 Å². The van der Waals surface area contributed by atoms with Crippen molar-refractivity contribution in [2.75, 3.05) is 32.2 Å². The van der Waals surface area contributed by atoms with Crippen molar-refractivity contribution in [2.45, 2.75) is 97.5 Å². The summed E-state index contributed by atoms with van der Waals surface area (Å²) in [5.74, 6) is 1.55. The minimum absolute atomic E-state index is 0.145. The van der Waals surface area contributed by atoms with Crippen molar-refractivity contribution in [3.05, 3.63) is 70.3 Å². The molecule has 0 saturated heterocycles. The lowest BCUT2D eigenvalue weighted by molar-refractivity contribution is 0.280. The average Bonchev–Trinajstić information content (AvgIpc) is 3.87. The van der Waals surface area contributed by atoms with E-state index in [-0.39, 0.29) is 6.61 Å². The van der Waals surface area contributed by atoms with Gasteiger partial charge in [0.25, 0.3) is 0 Å². The molecule has 262 valence electrons. The molecular weight excluding hydrogens is 631 g/mol. The normalized spacial score (nSPS) is 11.9. The second kappa shape index (κ2) is 18.7. The first-order chi connectivity index (χ1) is 24.1. The molecule has 0 fully saturated rings. The molecular formula is C40H53N5O3S. The number of ether oxygens (including phenoxy) is 2. The number of aliphatic hydroxyl groups excluding tert-OH is 1. The molecule has 1 N–H and O–H groups in total. The summed E-state index contributed by atoms with van der Waals surface area (Å²) in [5, 5.41) is 26.5. The standard InChI is InChI=1S/C40H53N5O3S/c1-5-7-9-11-13-18-24-44(25-19-14-12-10-8-6-2)36-23-22-32(49-36)28-33-37(31-20-16-15-17-21-31)43-45-39(33)41-42-40(45)34-26-30(29-46)27-35(47-3)38(34)48-4/h15-17,20-23,26-28,46H,5-14,18-19,24-25,29H2,1-4H3. The van der Waals surface area contributed by atoms with Gasteiger partial charge in [-0.2, -0.15) is 9.61 Å². The third-order valence-electron chi connectivity index (χ3n) is 9.12. The van der Waals surface area contributed by atoms with Gasteiger partial charge in [0, 0.05) is 23.5 Å². The number of benzene rings is 2. The van der Waals surface area contributed by atoms with E-state index in [0.717, 1.165) is 34.4 Å². The lowest BCUT2D eigenvalue weighted by atomic mass is 10.1. The van der Waals surface area contributed by atoms with Crippen molar-refractivity contribution in [3.8, 4) is 34.1 Å². The summed E-state index contributed by atoms with van der Waals surface area (Å²) in [6.45, 7) is 6.61. The number of thiophene rings is 1. The monoisotopic (exact) mass is 683 g/mol. The number of methoxy groups -OCH3 is 2. The highest BCUT2D eigenvalue weighted by molar-refractivity contribution is 7.16. The number of rotatable bonds is 21. The van der Waals surface area contributed by atoms with Crippen LogP contribution in [0.2, 0.25) is 0 Å². The van der Waals surface area contributed by atoms with Crippen LogP contribution >= 0.6 is 11.3 Å². The molecule has 3 aromatic heterocycles. The van der Waals surface area contributed by atoms with Crippen LogP contribution in [0.15, 0.2) is 54.6 Å². The minimum Gasteiger partial charge on any atom is -0.493 e. The molecule has 49 heavy (non-hydrogen) atoms. The first-order valence-electron chi connectivity index (χ1n) is 18.1. The molecule has 0 atom stereocenters. The fraction of sp³-hybridized carbons (Fsp3) is 0.475. The van der Waals surface area contributed by atoms with E-state index < -0.39 is 0 Å². The van der Waals surface area contributed by atoms with Crippen molar-refractivity contribution in [1.82, 2.24) is 19.8 Å². The smallest absolute Gasteiger partial charge is 0.189 e. The summed E-state index contributed by atoms with van der Waals surface area (Å²) in [5.41, 5.74) is 3.84. The molecule has 9 heteroatoms. The zero-order chi connectivity index (χ0) is 34.4. The average molecular weight is 684 g/mol. The predicted octanol–water partition coefficient (Wildman–Crippen LogP) is 9.10. The SMILES string of the molecule is CCCCCCCCN(CCCCCCCC)c1ccc(C=c2c(-c3ccccc3)nn3c(-c4cc(CO)cc(OC)c4OC)nnc23)s1. The molecule has 0 saturated carbocycles. The fourth-order valence-corrected chi connectivity index (χ4v) is 7.42. The number of anilines is 1. The van der Waals surface area contributed by atoms with Gasteiger partial charge in [0.15, 0.2) is 23.0 Å². The number of unbranched alkanes of at least 4 members (excludes halogenated alkanes) is 10. The summed E-state index contributed by atoms with van der Waals surface area (Å²) in [6.07, 6.45) is 17.8. The van der Waals surface area contributed by atoms with E-state index >= 15 is 0 Å². The topological polar surface area (TPSA) is 85.0 Å². The summed E-state index contributed by atoms with van der Waals surface area (Å²) in [7, 11) is 3.18. The van der Waals surface area contributed by atoms with Gasteiger partial charge in [-0.25, -0.2) is 0 Å². The Hall–Kier alpha value is -3.95. The first-order valence-corrected chi connectivity index (χ1v) is 19.0. The van der Waals surface area contributed by atoms with Crippen LogP contribution in [-0.4, -0.2) is 52.2 Å². The van der Waals surface area contributed by atoms with Gasteiger partial charge < -0.3 is 19.5 Å². The maximum atomic E-state index is 9.98. The van der Waals surface area contributed by atoms with Gasteiger partial charge in [-0.05, 0) is 48.7 Å². The van der Waals surface area contributed by atoms with Crippen LogP contribution in [0.1, 0.15) is 101 Å². The van der Waals surface area contributed by atoms with Gasteiger partial charge in [0.05, 0.1) is 36.6 Å². The van der Waals surface area contributed by atoms with Gasteiger partial charge >= 0.3 is 0 Å². The Morgan fingerprint density at radius 1 is 0.796 bits per heavy atom. The van der Waals surface area contributed by atoms with Crippen molar-refractivity contribution >= 4 is 28.1 Å². The van der Waals surface area contributed by atoms with Crippen molar-refractivity contribution < 1.29 is 14.6 Å². The molecule has 0 radical (unpaired) electrons. The van der Waals surface area contributed by atoms with Crippen molar-refractivity contribution in [2.24, 2.45) is 0 Å². The summed E-state index contributed by atoms with van der Waals surface area (Å²) in [6, 6.07) is 18.3. The van der Waals surface area contributed by atoms with Crippen LogP contribution in [0, 0.1) is 0 Å². The number of hydrogen-bond donors (Lipinski definition) is 1. The van der Waals surface area contributed by atoms with E-state index in [2.05, 4.69) is 59.3 Å². The molecule has 2 aromatic carbocycles. The number of nitrogens with zero attached hydrogens (tertiary/aromatic N) is 5. The van der Waals surface area contributed by atoms with Crippen LogP contribution in [-0.2, 0) is 6.61 Å². The molecule has 5 aromatic rings. The van der Waals surface area contributed by atoms with Crippen LogP contribution in [0.25, 0.3) is 34.4 Å². The van der Waals surface area contributed by atoms with E-state index in [9.17, 15) is 5.11 Å². The van der Waals surface area contributed by atoms with Gasteiger partial charge in [0.2, 0.25) is 0 Å². The Balaban J connectivity index is 1.50. The second-order valence-electron chi connectivity index (χ2n) is 12.8. The highest BCUT2D eigenvalue weighted by atomic mass is 32.1. The maximum absolute atomic E-state index is 9.98. The lowest BCUT2D eigenvalue weighted by Gasteiger charge is -2.23. The first kappa shape index (κ1) is 36.3. The molecule has 0 aliphatic carbocycles. The number of aromatic nitrogens is 4. The van der Waals surface area contributed by atoms with E-state index in [1.807, 2.05) is 35.6 Å². The van der Waals surface area contributed by atoms with E-state index in [1.54, 1.807) is 24.8 Å². The quantitative estimate of drug-likeness (QED) is 0.0773. The molecule has 3 heterocycles. The Morgan fingerprint density at radius 2 is 1.47 bits per heavy atom. The number of aliphatic hydroxyl groups is 1. The minimum atomic E-state index is -0.145. The number of hydrogen-bond acceptors (Lipinski definition) is 8. The Labute approximate surface area is 295 Å². The molecule has 0 aliphatic rings. The van der Waals surface area contributed by atoms with Crippen LogP contribution in [0.4, 0.5) is 5.00 Å². The van der Waals surface area contributed by atoms with Gasteiger partial charge in [0.1, 0.15) is 5.69 Å². The maximum Gasteiger partial charge on any atom is 0.189 e. The lowest BCUT2D eigenvalue weighted by Crippen LogP contribution is -2.24. The van der Waals surface area contributed by atoms with E-state index in [4.69, 9.17) is 14.6 Å². The molecule has 0 bridgehead atoms. The fourth-order valence-electron chi connectivity index (χ4n) is 6.42. The molecule has 5 rings (SSSR count). The van der Waals surface area contributed by atoms with Crippen molar-refractivity contribution in [3.63, 3.8) is 0 Å². The van der Waals surface area contributed by atoms with Gasteiger partial charge in [-0.3, -0.25) is 0 Å². The molecule has 0 amide bonds. The Bertz CT molecular complexity index is 1770. The predicted molar refractivity (Wildman–Crippen MR) is 203 cm³/mol. The van der Waals surface area contributed by atoms with E-state index in [1.165, 1.54) is 82.1 Å². The van der Waals surface area contributed by atoms with Crippen molar-refractivity contribution in [1.29, 1.82) is 0 Å². The second-order valence-corrected chi connectivity index (χ2v) is 13.9. The van der Waals surface area contributed by atoms with Gasteiger partial charge in [-0.1, -0.05) is 108 Å². The van der Waals surface area contributed by atoms with Crippen LogP contribution < -0.4 is 19.6 Å². The number of fused-ring (bicyclic) bond motifs is 1. The molecule has 0 aliphatic heterocycles. The zero-order valence-corrected chi connectivity index (χ0v) is 30.6. The Morgan fingerprint density at radius 3 is 2.10 bits per heavy atom. The summed E-state index contributed by atoms with van der Waals surface area (Å²) < 4.78 is 13.1.